The second kappa shape index (κ2) is 3.70. The van der Waals surface area contributed by atoms with Crippen LogP contribution in [0.3, 0.4) is 0 Å². The number of hydrogen-bond acceptors (Lipinski definition) is 1. The normalized spacial score (nSPS) is 10.6. The Hall–Kier alpha value is -1.50. The Labute approximate surface area is 84.0 Å². The van der Waals surface area contributed by atoms with Gasteiger partial charge in [0.2, 0.25) is 0 Å². The van der Waals surface area contributed by atoms with Crippen LogP contribution in [-0.2, 0) is 6.42 Å². The minimum absolute atomic E-state index is 0.375. The Kier molecular flexibility index (Phi) is 2.40. The highest BCUT2D eigenvalue weighted by atomic mass is 16.3. The van der Waals surface area contributed by atoms with Gasteiger partial charge >= 0.3 is 0 Å². The summed E-state index contributed by atoms with van der Waals surface area (Å²) in [4.78, 5) is 0. The van der Waals surface area contributed by atoms with Crippen molar-refractivity contribution < 1.29 is 5.11 Å². The zero-order valence-corrected chi connectivity index (χ0v) is 8.33. The Balaban J connectivity index is 2.58. The summed E-state index contributed by atoms with van der Waals surface area (Å²) in [6, 6.07) is 11.9. The summed E-state index contributed by atoms with van der Waals surface area (Å²) in [5.41, 5.74) is 1.29. The quantitative estimate of drug-likeness (QED) is 0.761. The molecule has 0 unspecified atom stereocenters. The van der Waals surface area contributed by atoms with Gasteiger partial charge in [0.1, 0.15) is 5.75 Å². The molecule has 0 amide bonds. The maximum absolute atomic E-state index is 9.66. The molecule has 0 atom stereocenters. The van der Waals surface area contributed by atoms with E-state index in [1.807, 2.05) is 12.1 Å². The lowest BCUT2D eigenvalue weighted by Gasteiger charge is -2.03. The molecule has 0 heterocycles. The summed E-state index contributed by atoms with van der Waals surface area (Å²) in [6.07, 6.45) is 2.21. The summed E-state index contributed by atoms with van der Waals surface area (Å²) in [6.45, 7) is 2.16. The van der Waals surface area contributed by atoms with Crippen LogP contribution in [0.25, 0.3) is 10.8 Å². The molecule has 0 aliphatic heterocycles. The van der Waals surface area contributed by atoms with Gasteiger partial charge in [-0.1, -0.05) is 37.6 Å². The maximum Gasteiger partial charge on any atom is 0.123 e. The molecule has 1 heteroatoms. The molecule has 0 saturated heterocycles. The molecule has 1 nitrogen and oxygen atoms in total. The lowest BCUT2D eigenvalue weighted by Crippen LogP contribution is -1.83. The number of aromatic hydroxyl groups is 1. The van der Waals surface area contributed by atoms with Crippen molar-refractivity contribution in [3.63, 3.8) is 0 Å². The Morgan fingerprint density at radius 2 is 2.00 bits per heavy atom. The van der Waals surface area contributed by atoms with Crippen molar-refractivity contribution in [2.45, 2.75) is 19.8 Å². The molecule has 0 bridgehead atoms. The van der Waals surface area contributed by atoms with Gasteiger partial charge in [0, 0.05) is 5.39 Å². The molecule has 0 aliphatic carbocycles. The third-order valence-corrected chi connectivity index (χ3v) is 2.46. The Morgan fingerprint density at radius 3 is 2.79 bits per heavy atom. The highest BCUT2D eigenvalue weighted by Crippen LogP contribution is 2.25. The number of rotatable bonds is 2. The number of fused-ring (bicyclic) bond motifs is 1. The van der Waals surface area contributed by atoms with Gasteiger partial charge in [-0.05, 0) is 29.5 Å². The molecule has 2 aromatic rings. The summed E-state index contributed by atoms with van der Waals surface area (Å²) >= 11 is 0. The lowest BCUT2D eigenvalue weighted by molar-refractivity contribution is 0.481. The molecular weight excluding hydrogens is 172 g/mol. The number of benzene rings is 2. The fourth-order valence-electron chi connectivity index (χ4n) is 1.75. The molecular formula is C13H14O. The summed E-state index contributed by atoms with van der Waals surface area (Å²) in [7, 11) is 0. The Morgan fingerprint density at radius 1 is 1.14 bits per heavy atom. The fraction of sp³-hybridized carbons (Fsp3) is 0.231. The standard InChI is InChI=1S/C13H14O/c1-2-4-10-7-8-11-5-3-6-13(14)12(11)9-10/h3,5-9,14H,2,4H2,1H3. The first-order valence-electron chi connectivity index (χ1n) is 5.02. The van der Waals surface area contributed by atoms with E-state index in [1.165, 1.54) is 5.56 Å². The first kappa shape index (κ1) is 9.07. The molecule has 0 aliphatic rings. The average molecular weight is 186 g/mol. The van der Waals surface area contributed by atoms with Crippen LogP contribution < -0.4 is 0 Å². The minimum atomic E-state index is 0.375. The van der Waals surface area contributed by atoms with Gasteiger partial charge < -0.3 is 5.11 Å². The lowest BCUT2D eigenvalue weighted by atomic mass is 10.0. The van der Waals surface area contributed by atoms with E-state index in [0.717, 1.165) is 23.6 Å². The van der Waals surface area contributed by atoms with Crippen molar-refractivity contribution in [3.05, 3.63) is 42.0 Å². The maximum atomic E-state index is 9.66. The topological polar surface area (TPSA) is 20.2 Å². The van der Waals surface area contributed by atoms with Gasteiger partial charge in [-0.25, -0.2) is 0 Å². The van der Waals surface area contributed by atoms with E-state index < -0.39 is 0 Å². The summed E-state index contributed by atoms with van der Waals surface area (Å²) < 4.78 is 0. The molecule has 0 radical (unpaired) electrons. The van der Waals surface area contributed by atoms with Gasteiger partial charge in [-0.3, -0.25) is 0 Å². The van der Waals surface area contributed by atoms with Crippen molar-refractivity contribution in [2.24, 2.45) is 0 Å². The van der Waals surface area contributed by atoms with E-state index in [4.69, 9.17) is 0 Å². The molecule has 0 aromatic heterocycles. The van der Waals surface area contributed by atoms with Gasteiger partial charge in [0.25, 0.3) is 0 Å². The molecule has 2 rings (SSSR count). The minimum Gasteiger partial charge on any atom is -0.507 e. The molecule has 0 saturated carbocycles. The second-order valence-corrected chi connectivity index (χ2v) is 3.58. The van der Waals surface area contributed by atoms with Crippen molar-refractivity contribution in [2.75, 3.05) is 0 Å². The summed E-state index contributed by atoms with van der Waals surface area (Å²) in [5, 5.41) is 11.7. The fourth-order valence-corrected chi connectivity index (χ4v) is 1.75. The van der Waals surface area contributed by atoms with Crippen LogP contribution in [0.1, 0.15) is 18.9 Å². The van der Waals surface area contributed by atoms with Crippen LogP contribution in [0, 0.1) is 0 Å². The zero-order valence-electron chi connectivity index (χ0n) is 8.33. The first-order valence-corrected chi connectivity index (χ1v) is 5.02. The van der Waals surface area contributed by atoms with Crippen molar-refractivity contribution in [3.8, 4) is 5.75 Å². The van der Waals surface area contributed by atoms with E-state index in [-0.39, 0.29) is 0 Å². The monoisotopic (exact) mass is 186 g/mol. The second-order valence-electron chi connectivity index (χ2n) is 3.58. The number of hydrogen-bond donors (Lipinski definition) is 1. The highest BCUT2D eigenvalue weighted by Gasteiger charge is 1.99. The van der Waals surface area contributed by atoms with Gasteiger partial charge in [-0.15, -0.1) is 0 Å². The Bertz CT molecular complexity index is 446. The van der Waals surface area contributed by atoms with Gasteiger partial charge in [0.15, 0.2) is 0 Å². The van der Waals surface area contributed by atoms with E-state index in [0.29, 0.717) is 5.75 Å². The van der Waals surface area contributed by atoms with E-state index in [2.05, 4.69) is 25.1 Å². The smallest absolute Gasteiger partial charge is 0.123 e. The first-order chi connectivity index (χ1) is 6.81. The number of aryl methyl sites for hydroxylation is 1. The number of phenolic OH excluding ortho intramolecular Hbond substituents is 1. The van der Waals surface area contributed by atoms with Crippen LogP contribution in [0.15, 0.2) is 36.4 Å². The zero-order chi connectivity index (χ0) is 9.97. The molecule has 0 fully saturated rings. The van der Waals surface area contributed by atoms with Gasteiger partial charge in [-0.2, -0.15) is 0 Å². The van der Waals surface area contributed by atoms with Crippen LogP contribution in [0.4, 0.5) is 0 Å². The third-order valence-electron chi connectivity index (χ3n) is 2.46. The summed E-state index contributed by atoms with van der Waals surface area (Å²) in [5.74, 6) is 0.375. The third kappa shape index (κ3) is 1.58. The number of phenols is 1. The molecule has 1 N–H and O–H groups in total. The van der Waals surface area contributed by atoms with Crippen molar-refractivity contribution in [1.82, 2.24) is 0 Å². The molecule has 14 heavy (non-hydrogen) atoms. The van der Waals surface area contributed by atoms with Crippen LogP contribution in [0.5, 0.6) is 5.75 Å². The molecule has 72 valence electrons. The predicted molar refractivity (Wildman–Crippen MR) is 59.6 cm³/mol. The van der Waals surface area contributed by atoms with E-state index >= 15 is 0 Å². The largest absolute Gasteiger partial charge is 0.507 e. The molecule has 2 aromatic carbocycles. The van der Waals surface area contributed by atoms with Crippen LogP contribution in [0.2, 0.25) is 0 Å². The highest BCUT2D eigenvalue weighted by molar-refractivity contribution is 5.88. The van der Waals surface area contributed by atoms with Crippen molar-refractivity contribution in [1.29, 1.82) is 0 Å². The van der Waals surface area contributed by atoms with Crippen molar-refractivity contribution >= 4 is 10.8 Å². The predicted octanol–water partition coefficient (Wildman–Crippen LogP) is 3.50. The van der Waals surface area contributed by atoms with E-state index in [9.17, 15) is 5.11 Å². The van der Waals surface area contributed by atoms with E-state index in [1.54, 1.807) is 6.07 Å². The van der Waals surface area contributed by atoms with Gasteiger partial charge in [0.05, 0.1) is 0 Å². The van der Waals surface area contributed by atoms with Crippen LogP contribution >= 0.6 is 0 Å². The SMILES string of the molecule is CCCc1ccc2cccc(O)c2c1. The van der Waals surface area contributed by atoms with Crippen LogP contribution in [-0.4, -0.2) is 5.11 Å². The average Bonchev–Trinajstić information content (AvgIpc) is 2.20. The molecule has 0 spiro atoms.